The average molecular weight is 458 g/mol. The number of rotatable bonds is 3. The van der Waals surface area contributed by atoms with E-state index < -0.39 is 24.6 Å². The summed E-state index contributed by atoms with van der Waals surface area (Å²) in [5.41, 5.74) is 8.05. The Kier molecular flexibility index (Phi) is 4.82. The molecule has 4 atom stereocenters. The molecule has 0 bridgehead atoms. The Morgan fingerprint density at radius 3 is 2.60 bits per heavy atom. The number of benzene rings is 1. The van der Waals surface area contributed by atoms with E-state index in [1.807, 2.05) is 12.1 Å². The van der Waals surface area contributed by atoms with Gasteiger partial charge in [-0.25, -0.2) is 16.8 Å². The highest BCUT2D eigenvalue weighted by Gasteiger charge is 2.48. The lowest BCUT2D eigenvalue weighted by atomic mass is 9.77. The molecule has 30 heavy (non-hydrogen) atoms. The van der Waals surface area contributed by atoms with Crippen LogP contribution >= 0.6 is 0 Å². The van der Waals surface area contributed by atoms with Crippen LogP contribution in [0.2, 0.25) is 0 Å². The normalized spacial score (nSPS) is 30.3. The predicted octanol–water partition coefficient (Wildman–Crippen LogP) is 0.416. The third-order valence-corrected chi connectivity index (χ3v) is 11.3. The number of nitrogens with two attached hydrogens (primary N) is 1. The zero-order valence-corrected chi connectivity index (χ0v) is 18.5. The Morgan fingerprint density at radius 2 is 1.87 bits per heavy atom. The molecular formula is C19H27N3O6S2. The highest BCUT2D eigenvalue weighted by molar-refractivity contribution is 8.07. The molecule has 0 aromatic heterocycles. The van der Waals surface area contributed by atoms with Crippen molar-refractivity contribution < 1.29 is 26.3 Å². The van der Waals surface area contributed by atoms with Gasteiger partial charge in [-0.2, -0.15) is 4.31 Å². The van der Waals surface area contributed by atoms with Crippen molar-refractivity contribution >= 4 is 19.9 Å². The van der Waals surface area contributed by atoms with E-state index >= 15 is 0 Å². The van der Waals surface area contributed by atoms with Crippen LogP contribution in [-0.2, 0) is 26.3 Å². The molecule has 1 aromatic rings. The second-order valence-electron chi connectivity index (χ2n) is 8.72. The van der Waals surface area contributed by atoms with Gasteiger partial charge >= 0.3 is 0 Å². The van der Waals surface area contributed by atoms with Crippen molar-refractivity contribution in [2.24, 2.45) is 11.7 Å². The van der Waals surface area contributed by atoms with Crippen LogP contribution < -0.4 is 15.2 Å². The molecule has 0 spiro atoms. The van der Waals surface area contributed by atoms with E-state index in [9.17, 15) is 16.8 Å². The quantitative estimate of drug-likeness (QED) is 0.693. The summed E-state index contributed by atoms with van der Waals surface area (Å²) in [6.07, 6.45) is 4.06. The van der Waals surface area contributed by atoms with Crippen LogP contribution in [0.25, 0.3) is 0 Å². The third kappa shape index (κ3) is 3.22. The fourth-order valence-corrected chi connectivity index (χ4v) is 8.85. The fraction of sp³-hybridized carbons (Fsp3) is 0.684. The second-order valence-corrected chi connectivity index (χ2v) is 13.2. The van der Waals surface area contributed by atoms with E-state index in [-0.39, 0.29) is 24.8 Å². The Balaban J connectivity index is 1.49. The number of piperidine rings is 2. The summed E-state index contributed by atoms with van der Waals surface area (Å²) in [5, 5.41) is 0. The topological polar surface area (TPSA) is 119 Å². The molecule has 0 amide bonds. The van der Waals surface area contributed by atoms with Crippen molar-refractivity contribution in [1.82, 2.24) is 9.21 Å². The van der Waals surface area contributed by atoms with Gasteiger partial charge < -0.3 is 15.2 Å². The minimum Gasteiger partial charge on any atom is -0.454 e. The smallest absolute Gasteiger partial charge is 0.245 e. The molecule has 4 heterocycles. The molecule has 11 heteroatoms. The molecule has 1 aromatic carbocycles. The summed E-state index contributed by atoms with van der Waals surface area (Å²) in [5.74, 6) is 1.66. The maximum Gasteiger partial charge on any atom is 0.245 e. The number of fused-ring (bicyclic) bond motifs is 5. The number of nitrogens with zero attached hydrogens (tertiary/aromatic N) is 2. The van der Waals surface area contributed by atoms with E-state index in [2.05, 4.69) is 4.90 Å². The molecule has 0 radical (unpaired) electrons. The van der Waals surface area contributed by atoms with E-state index in [1.54, 1.807) is 0 Å². The first kappa shape index (κ1) is 20.5. The summed E-state index contributed by atoms with van der Waals surface area (Å²) in [7, 11) is -8.07. The second kappa shape index (κ2) is 7.06. The van der Waals surface area contributed by atoms with Crippen LogP contribution in [0.5, 0.6) is 11.5 Å². The number of hydrogen-bond acceptors (Lipinski definition) is 8. The molecular weight excluding hydrogens is 430 g/mol. The first-order valence-electron chi connectivity index (χ1n) is 10.3. The Labute approximate surface area is 177 Å². The van der Waals surface area contributed by atoms with Gasteiger partial charge in [-0.3, -0.25) is 4.90 Å². The number of sulfone groups is 1. The van der Waals surface area contributed by atoms with Crippen molar-refractivity contribution in [3.05, 3.63) is 23.3 Å². The highest BCUT2D eigenvalue weighted by Crippen LogP contribution is 2.47. The maximum atomic E-state index is 13.1. The van der Waals surface area contributed by atoms with Gasteiger partial charge in [0.1, 0.15) is 0 Å². The SMILES string of the molecule is CS(=O)(=O)C(N)S(=O)(=O)N1CCC[C@H]2CN3CCc4cc5c(cc4[C@@H]3C[C@H]21)OCO5. The van der Waals surface area contributed by atoms with Gasteiger partial charge in [0, 0.05) is 38.0 Å². The molecule has 2 saturated heterocycles. The maximum absolute atomic E-state index is 13.1. The summed E-state index contributed by atoms with van der Waals surface area (Å²) < 4.78 is 60.6. The van der Waals surface area contributed by atoms with E-state index in [1.165, 1.54) is 9.87 Å². The third-order valence-electron chi connectivity index (χ3n) is 6.95. The summed E-state index contributed by atoms with van der Waals surface area (Å²) >= 11 is 0. The molecule has 1 unspecified atom stereocenters. The van der Waals surface area contributed by atoms with Crippen LogP contribution in [0, 0.1) is 5.92 Å². The van der Waals surface area contributed by atoms with Gasteiger partial charge in [0.05, 0.1) is 0 Å². The lowest BCUT2D eigenvalue weighted by Gasteiger charge is -2.52. The minimum absolute atomic E-state index is 0.0646. The van der Waals surface area contributed by atoms with Crippen LogP contribution in [-0.4, -0.2) is 69.5 Å². The van der Waals surface area contributed by atoms with Crippen molar-refractivity contribution in [2.45, 2.75) is 42.5 Å². The van der Waals surface area contributed by atoms with Crippen molar-refractivity contribution in [2.75, 3.05) is 32.7 Å². The lowest BCUT2D eigenvalue weighted by molar-refractivity contribution is 0.0218. The highest BCUT2D eigenvalue weighted by atomic mass is 32.3. The Hall–Kier alpha value is -1.40. The van der Waals surface area contributed by atoms with Gasteiger partial charge in [0.15, 0.2) is 21.3 Å². The number of sulfonamides is 1. The fourth-order valence-electron chi connectivity index (χ4n) is 5.46. The van der Waals surface area contributed by atoms with Crippen molar-refractivity contribution in [3.8, 4) is 11.5 Å². The molecule has 0 aliphatic carbocycles. The molecule has 0 saturated carbocycles. The minimum atomic E-state index is -4.15. The van der Waals surface area contributed by atoms with E-state index in [0.29, 0.717) is 19.4 Å². The van der Waals surface area contributed by atoms with Crippen molar-refractivity contribution in [1.29, 1.82) is 0 Å². The summed E-state index contributed by atoms with van der Waals surface area (Å²) in [4.78, 5) is 2.43. The van der Waals surface area contributed by atoms with E-state index in [4.69, 9.17) is 15.2 Å². The molecule has 4 aliphatic rings. The molecule has 4 aliphatic heterocycles. The predicted molar refractivity (Wildman–Crippen MR) is 110 cm³/mol. The summed E-state index contributed by atoms with van der Waals surface area (Å²) in [6.45, 7) is 2.24. The molecule has 2 N–H and O–H groups in total. The van der Waals surface area contributed by atoms with Gasteiger partial charge in [-0.15, -0.1) is 0 Å². The average Bonchev–Trinajstić information content (AvgIpc) is 3.16. The Bertz CT molecular complexity index is 1070. The van der Waals surface area contributed by atoms with Crippen molar-refractivity contribution in [3.63, 3.8) is 0 Å². The molecule has 9 nitrogen and oxygen atoms in total. The zero-order valence-electron chi connectivity index (χ0n) is 16.9. The van der Waals surface area contributed by atoms with Gasteiger partial charge in [0.25, 0.3) is 0 Å². The van der Waals surface area contributed by atoms with E-state index in [0.717, 1.165) is 49.2 Å². The van der Waals surface area contributed by atoms with Crippen LogP contribution in [0.15, 0.2) is 12.1 Å². The van der Waals surface area contributed by atoms with Crippen LogP contribution in [0.3, 0.4) is 0 Å². The van der Waals surface area contributed by atoms with Crippen LogP contribution in [0.4, 0.5) is 0 Å². The standard InChI is InChI=1S/C19H27N3O6S2/c1-29(23,24)19(20)30(25,26)22-5-2-3-13-10-21-6-4-12-7-17-18(28-11-27-17)8-14(12)16(21)9-15(13)22/h7-8,13,15-16,19H,2-6,9-11,20H2,1H3/t13-,15+,16-,19?/m0/s1. The molecule has 5 rings (SSSR count). The van der Waals surface area contributed by atoms with Crippen LogP contribution in [0.1, 0.15) is 36.4 Å². The van der Waals surface area contributed by atoms with Gasteiger partial charge in [0.2, 0.25) is 21.5 Å². The van der Waals surface area contributed by atoms with Gasteiger partial charge in [-0.05, 0) is 54.9 Å². The number of hydrogen-bond donors (Lipinski definition) is 1. The largest absolute Gasteiger partial charge is 0.454 e. The van der Waals surface area contributed by atoms with Gasteiger partial charge in [-0.1, -0.05) is 0 Å². The summed E-state index contributed by atoms with van der Waals surface area (Å²) in [6, 6.07) is 3.87. The lowest BCUT2D eigenvalue weighted by Crippen LogP contribution is -2.60. The molecule has 2 fully saturated rings. The first-order chi connectivity index (χ1) is 14.2. The monoisotopic (exact) mass is 457 g/mol. The first-order valence-corrected chi connectivity index (χ1v) is 13.7. The zero-order chi connectivity index (χ0) is 21.3. The number of ether oxygens (including phenoxy) is 2. The molecule has 166 valence electrons. The Morgan fingerprint density at radius 1 is 1.13 bits per heavy atom.